The maximum Gasteiger partial charge on any atom is 0.191 e. The number of nitrogens with zero attached hydrogens (tertiary/aromatic N) is 2. The Labute approximate surface area is 133 Å². The van der Waals surface area contributed by atoms with Crippen molar-refractivity contribution in [3.8, 4) is 0 Å². The highest BCUT2D eigenvalue weighted by molar-refractivity contribution is 7.11. The van der Waals surface area contributed by atoms with Gasteiger partial charge in [0.2, 0.25) is 0 Å². The fraction of sp³-hybridized carbons (Fsp3) is 0.688. The smallest absolute Gasteiger partial charge is 0.191 e. The van der Waals surface area contributed by atoms with Crippen LogP contribution in [-0.4, -0.2) is 50.1 Å². The lowest BCUT2D eigenvalue weighted by Gasteiger charge is -2.18. The number of guanidine groups is 1. The summed E-state index contributed by atoms with van der Waals surface area (Å²) in [7, 11) is 2.12. The molecule has 0 saturated carbocycles. The predicted molar refractivity (Wildman–Crippen MR) is 94.5 cm³/mol. The monoisotopic (exact) mass is 310 g/mol. The lowest BCUT2D eigenvalue weighted by Crippen LogP contribution is -2.43. The third-order valence-corrected chi connectivity index (χ3v) is 4.35. The Morgan fingerprint density at radius 3 is 2.71 bits per heavy atom. The van der Waals surface area contributed by atoms with Gasteiger partial charge in [-0.05, 0) is 46.5 Å². The largest absolute Gasteiger partial charge is 0.357 e. The molecular formula is C16H30N4S. The number of likely N-dealkylation sites (N-methyl/N-ethyl adjacent to an activating group) is 1. The Bertz CT molecular complexity index is 428. The van der Waals surface area contributed by atoms with Gasteiger partial charge in [0.1, 0.15) is 0 Å². The SMILES string of the molecule is CCNC(=NCCN(C)CC)NC(C)Cc1ccc(C)s1. The summed E-state index contributed by atoms with van der Waals surface area (Å²) in [6, 6.07) is 4.79. The molecule has 1 aromatic rings. The van der Waals surface area contributed by atoms with Crippen molar-refractivity contribution in [3.63, 3.8) is 0 Å². The minimum atomic E-state index is 0.379. The van der Waals surface area contributed by atoms with Crippen molar-refractivity contribution < 1.29 is 0 Å². The molecule has 1 aromatic heterocycles. The van der Waals surface area contributed by atoms with Crippen LogP contribution >= 0.6 is 11.3 Å². The minimum Gasteiger partial charge on any atom is -0.357 e. The molecule has 4 nitrogen and oxygen atoms in total. The van der Waals surface area contributed by atoms with E-state index in [1.807, 2.05) is 11.3 Å². The summed E-state index contributed by atoms with van der Waals surface area (Å²) in [5.74, 6) is 0.919. The summed E-state index contributed by atoms with van der Waals surface area (Å²) in [5, 5.41) is 6.81. The van der Waals surface area contributed by atoms with E-state index in [1.165, 1.54) is 9.75 Å². The Kier molecular flexibility index (Phi) is 8.38. The van der Waals surface area contributed by atoms with Crippen LogP contribution in [0.25, 0.3) is 0 Å². The van der Waals surface area contributed by atoms with Crippen LogP contribution in [0.1, 0.15) is 30.5 Å². The van der Waals surface area contributed by atoms with Gasteiger partial charge in [-0.15, -0.1) is 11.3 Å². The number of hydrogen-bond acceptors (Lipinski definition) is 3. The number of aliphatic imine (C=N–C) groups is 1. The van der Waals surface area contributed by atoms with Crippen molar-refractivity contribution in [2.75, 3.05) is 33.2 Å². The molecule has 0 bridgehead atoms. The van der Waals surface area contributed by atoms with E-state index in [0.29, 0.717) is 6.04 Å². The van der Waals surface area contributed by atoms with Crippen molar-refractivity contribution in [2.24, 2.45) is 4.99 Å². The average Bonchev–Trinajstić information content (AvgIpc) is 2.83. The molecule has 0 radical (unpaired) electrons. The second-order valence-corrected chi connectivity index (χ2v) is 6.79. The van der Waals surface area contributed by atoms with Crippen LogP contribution in [0.3, 0.4) is 0 Å². The van der Waals surface area contributed by atoms with Crippen LogP contribution in [0.5, 0.6) is 0 Å². The second kappa shape index (κ2) is 9.79. The molecule has 1 unspecified atom stereocenters. The first-order valence-corrected chi connectivity index (χ1v) is 8.65. The highest BCUT2D eigenvalue weighted by Crippen LogP contribution is 2.16. The molecule has 2 N–H and O–H groups in total. The third-order valence-electron chi connectivity index (χ3n) is 3.32. The van der Waals surface area contributed by atoms with Crippen LogP contribution in [0.4, 0.5) is 0 Å². The van der Waals surface area contributed by atoms with Gasteiger partial charge < -0.3 is 15.5 Å². The second-order valence-electron chi connectivity index (χ2n) is 5.42. The molecule has 0 spiro atoms. The van der Waals surface area contributed by atoms with Gasteiger partial charge in [0.05, 0.1) is 6.54 Å². The molecule has 120 valence electrons. The molecular weight excluding hydrogens is 280 g/mol. The van der Waals surface area contributed by atoms with E-state index in [-0.39, 0.29) is 0 Å². The lowest BCUT2D eigenvalue weighted by molar-refractivity contribution is 0.363. The predicted octanol–water partition coefficient (Wildman–Crippen LogP) is 2.49. The standard InChI is InChI=1S/C16H30N4S/c1-6-17-16(18-10-11-20(5)7-2)19-13(3)12-15-9-8-14(4)21-15/h8-9,13H,6-7,10-12H2,1-5H3,(H2,17,18,19). The van der Waals surface area contributed by atoms with Gasteiger partial charge >= 0.3 is 0 Å². The fourth-order valence-corrected chi connectivity index (χ4v) is 3.01. The number of nitrogens with one attached hydrogen (secondary N) is 2. The molecule has 5 heteroatoms. The van der Waals surface area contributed by atoms with E-state index < -0.39 is 0 Å². The summed E-state index contributed by atoms with van der Waals surface area (Å²) in [4.78, 5) is 9.71. The van der Waals surface area contributed by atoms with Crippen molar-refractivity contribution in [1.82, 2.24) is 15.5 Å². The molecule has 0 saturated heterocycles. The van der Waals surface area contributed by atoms with Crippen LogP contribution in [0.2, 0.25) is 0 Å². The molecule has 0 aliphatic carbocycles. The van der Waals surface area contributed by atoms with Gasteiger partial charge in [-0.3, -0.25) is 4.99 Å². The first-order valence-electron chi connectivity index (χ1n) is 7.83. The van der Waals surface area contributed by atoms with Gasteiger partial charge in [0, 0.05) is 35.3 Å². The van der Waals surface area contributed by atoms with Crippen LogP contribution < -0.4 is 10.6 Å². The lowest BCUT2D eigenvalue weighted by atomic mass is 10.2. The molecule has 0 aliphatic heterocycles. The van der Waals surface area contributed by atoms with Crippen molar-refractivity contribution in [1.29, 1.82) is 0 Å². The number of rotatable bonds is 8. The molecule has 0 amide bonds. The van der Waals surface area contributed by atoms with E-state index in [4.69, 9.17) is 0 Å². The third kappa shape index (κ3) is 7.48. The summed E-state index contributed by atoms with van der Waals surface area (Å²) < 4.78 is 0. The Morgan fingerprint density at radius 2 is 2.14 bits per heavy atom. The number of thiophene rings is 1. The first-order chi connectivity index (χ1) is 10.0. The van der Waals surface area contributed by atoms with Gasteiger partial charge in [0.15, 0.2) is 5.96 Å². The molecule has 21 heavy (non-hydrogen) atoms. The van der Waals surface area contributed by atoms with E-state index in [9.17, 15) is 0 Å². The van der Waals surface area contributed by atoms with Gasteiger partial charge in [-0.25, -0.2) is 0 Å². The van der Waals surface area contributed by atoms with Crippen molar-refractivity contribution in [2.45, 2.75) is 40.2 Å². The summed E-state index contributed by atoms with van der Waals surface area (Å²) in [6.45, 7) is 12.4. The maximum absolute atomic E-state index is 4.64. The maximum atomic E-state index is 4.64. The van der Waals surface area contributed by atoms with Crippen molar-refractivity contribution >= 4 is 17.3 Å². The zero-order valence-corrected chi connectivity index (χ0v) is 14.9. The van der Waals surface area contributed by atoms with Crippen LogP contribution in [0.15, 0.2) is 17.1 Å². The number of hydrogen-bond donors (Lipinski definition) is 2. The van der Waals surface area contributed by atoms with E-state index >= 15 is 0 Å². The Balaban J connectivity index is 2.46. The average molecular weight is 311 g/mol. The quantitative estimate of drug-likeness (QED) is 0.572. The van der Waals surface area contributed by atoms with Crippen molar-refractivity contribution in [3.05, 3.63) is 21.9 Å². The fourth-order valence-electron chi connectivity index (χ4n) is 1.99. The van der Waals surface area contributed by atoms with E-state index in [2.05, 4.69) is 67.4 Å². The number of aryl methyl sites for hydroxylation is 1. The van der Waals surface area contributed by atoms with Gasteiger partial charge in [-0.2, -0.15) is 0 Å². The zero-order chi connectivity index (χ0) is 15.7. The molecule has 0 aromatic carbocycles. The molecule has 1 atom stereocenters. The van der Waals surface area contributed by atoms with Crippen LogP contribution in [0, 0.1) is 6.92 Å². The molecule has 1 rings (SSSR count). The van der Waals surface area contributed by atoms with Crippen LogP contribution in [-0.2, 0) is 6.42 Å². The minimum absolute atomic E-state index is 0.379. The first kappa shape index (κ1) is 18.0. The highest BCUT2D eigenvalue weighted by atomic mass is 32.1. The van der Waals surface area contributed by atoms with Gasteiger partial charge in [-0.1, -0.05) is 6.92 Å². The Morgan fingerprint density at radius 1 is 1.38 bits per heavy atom. The zero-order valence-electron chi connectivity index (χ0n) is 14.1. The van der Waals surface area contributed by atoms with E-state index in [0.717, 1.165) is 38.6 Å². The van der Waals surface area contributed by atoms with E-state index in [1.54, 1.807) is 0 Å². The molecule has 0 aliphatic rings. The topological polar surface area (TPSA) is 39.7 Å². The normalized spacial score (nSPS) is 13.5. The highest BCUT2D eigenvalue weighted by Gasteiger charge is 2.07. The summed E-state index contributed by atoms with van der Waals surface area (Å²) in [6.07, 6.45) is 1.04. The van der Waals surface area contributed by atoms with Gasteiger partial charge in [0.25, 0.3) is 0 Å². The molecule has 1 heterocycles. The molecule has 0 fully saturated rings. The summed E-state index contributed by atoms with van der Waals surface area (Å²) in [5.41, 5.74) is 0. The summed E-state index contributed by atoms with van der Waals surface area (Å²) >= 11 is 1.87. The Hall–Kier alpha value is -1.07.